The zero-order chi connectivity index (χ0) is 17.0. The van der Waals surface area contributed by atoms with Gasteiger partial charge in [-0.25, -0.2) is 4.79 Å². The molecule has 0 spiro atoms. The van der Waals surface area contributed by atoms with E-state index < -0.39 is 35.8 Å². The van der Waals surface area contributed by atoms with Crippen LogP contribution in [0.3, 0.4) is 0 Å². The van der Waals surface area contributed by atoms with Gasteiger partial charge >= 0.3 is 5.69 Å². The predicted octanol–water partition coefficient (Wildman–Crippen LogP) is -0.0520. The summed E-state index contributed by atoms with van der Waals surface area (Å²) in [5, 5.41) is 20.2. The molecular weight excluding hydrogens is 372 g/mol. The molecule has 1 aliphatic heterocycles. The van der Waals surface area contributed by atoms with Gasteiger partial charge in [-0.3, -0.25) is 14.3 Å². The standard InChI is InChI=1S/C14H19BrN2O6/c1-2-5-22-7-9-10(18)11(19)13(23-9)17-6-8(3-4-15)12(20)16-14(17)21/h3-4,6,9-11,13,18-19H,2,5,7H2,1H3,(H,16,20,21)/t9-,10-,11+,13-/m1/s1. The van der Waals surface area contributed by atoms with Crippen LogP contribution < -0.4 is 11.2 Å². The Kier molecular flexibility index (Phi) is 6.31. The second-order valence-corrected chi connectivity index (χ2v) is 5.69. The number of aliphatic hydroxyl groups excluding tert-OH is 2. The molecule has 23 heavy (non-hydrogen) atoms. The van der Waals surface area contributed by atoms with Gasteiger partial charge in [-0.2, -0.15) is 0 Å². The number of aromatic nitrogens is 2. The average Bonchev–Trinajstić information content (AvgIpc) is 2.79. The van der Waals surface area contributed by atoms with E-state index in [1.807, 2.05) is 6.92 Å². The van der Waals surface area contributed by atoms with Gasteiger partial charge in [0.05, 0.1) is 12.2 Å². The van der Waals surface area contributed by atoms with E-state index in [1.54, 1.807) is 0 Å². The number of ether oxygens (including phenoxy) is 2. The number of H-pyrrole nitrogens is 1. The highest BCUT2D eigenvalue weighted by Crippen LogP contribution is 2.28. The summed E-state index contributed by atoms with van der Waals surface area (Å²) in [7, 11) is 0. The van der Waals surface area contributed by atoms with Crippen molar-refractivity contribution in [3.05, 3.63) is 37.6 Å². The third-order valence-corrected chi connectivity index (χ3v) is 3.74. The molecule has 0 unspecified atom stereocenters. The van der Waals surface area contributed by atoms with Crippen LogP contribution in [0.25, 0.3) is 6.08 Å². The maximum Gasteiger partial charge on any atom is 0.330 e. The molecule has 0 aliphatic carbocycles. The summed E-state index contributed by atoms with van der Waals surface area (Å²) in [6.45, 7) is 2.56. The number of hydrogen-bond acceptors (Lipinski definition) is 6. The SMILES string of the molecule is CCCOC[C@H]1O[C@@H](n2cc(C=CBr)c(=O)[nH]c2=O)[C@@H](O)[C@@H]1O. The molecule has 1 fully saturated rings. The molecule has 8 nitrogen and oxygen atoms in total. The van der Waals surface area contributed by atoms with Crippen molar-refractivity contribution in [3.63, 3.8) is 0 Å². The van der Waals surface area contributed by atoms with Crippen molar-refractivity contribution in [2.75, 3.05) is 13.2 Å². The fourth-order valence-electron chi connectivity index (χ4n) is 2.32. The van der Waals surface area contributed by atoms with Crippen LogP contribution in [0.4, 0.5) is 0 Å². The lowest BCUT2D eigenvalue weighted by Crippen LogP contribution is -2.38. The molecule has 0 amide bonds. The fourth-order valence-corrected chi connectivity index (χ4v) is 2.60. The third kappa shape index (κ3) is 3.99. The van der Waals surface area contributed by atoms with E-state index >= 15 is 0 Å². The highest BCUT2D eigenvalue weighted by molar-refractivity contribution is 9.11. The summed E-state index contributed by atoms with van der Waals surface area (Å²) in [6, 6.07) is 0. The van der Waals surface area contributed by atoms with Gasteiger partial charge in [0.1, 0.15) is 18.3 Å². The molecule has 0 aromatic carbocycles. The molecular formula is C14H19BrN2O6. The Hall–Kier alpha value is -1.26. The first-order valence-corrected chi connectivity index (χ1v) is 8.12. The van der Waals surface area contributed by atoms with Gasteiger partial charge in [-0.1, -0.05) is 22.9 Å². The quantitative estimate of drug-likeness (QED) is 0.586. The van der Waals surface area contributed by atoms with Crippen LogP contribution in [0.15, 0.2) is 20.8 Å². The van der Waals surface area contributed by atoms with Gasteiger partial charge in [-0.15, -0.1) is 0 Å². The van der Waals surface area contributed by atoms with Crippen molar-refractivity contribution in [1.82, 2.24) is 9.55 Å². The zero-order valence-electron chi connectivity index (χ0n) is 12.5. The molecule has 1 aromatic rings. The number of nitrogens with one attached hydrogen (secondary N) is 1. The first-order chi connectivity index (χ1) is 11.0. The molecule has 1 aliphatic rings. The Labute approximate surface area is 140 Å². The lowest BCUT2D eigenvalue weighted by Gasteiger charge is -2.17. The summed E-state index contributed by atoms with van der Waals surface area (Å²) in [6.07, 6.45) is -0.817. The van der Waals surface area contributed by atoms with E-state index in [1.165, 1.54) is 17.3 Å². The second kappa shape index (κ2) is 8.02. The molecule has 9 heteroatoms. The van der Waals surface area contributed by atoms with Crippen molar-refractivity contribution >= 4 is 22.0 Å². The minimum atomic E-state index is -1.31. The Morgan fingerprint density at radius 1 is 1.43 bits per heavy atom. The van der Waals surface area contributed by atoms with Crippen molar-refractivity contribution in [2.45, 2.75) is 37.9 Å². The number of nitrogens with zero attached hydrogens (tertiary/aromatic N) is 1. The monoisotopic (exact) mass is 390 g/mol. The lowest BCUT2D eigenvalue weighted by atomic mass is 10.1. The molecule has 128 valence electrons. The maximum atomic E-state index is 12.0. The van der Waals surface area contributed by atoms with Crippen molar-refractivity contribution < 1.29 is 19.7 Å². The Balaban J connectivity index is 2.26. The highest BCUT2D eigenvalue weighted by atomic mass is 79.9. The van der Waals surface area contributed by atoms with Crippen LogP contribution in [-0.4, -0.2) is 51.3 Å². The molecule has 2 heterocycles. The predicted molar refractivity (Wildman–Crippen MR) is 86.3 cm³/mol. The van der Waals surface area contributed by atoms with Gasteiger partial charge in [0.2, 0.25) is 0 Å². The Morgan fingerprint density at radius 3 is 2.83 bits per heavy atom. The smallest absolute Gasteiger partial charge is 0.330 e. The minimum Gasteiger partial charge on any atom is -0.387 e. The van der Waals surface area contributed by atoms with Gasteiger partial charge in [-0.05, 0) is 17.5 Å². The highest BCUT2D eigenvalue weighted by Gasteiger charge is 2.44. The van der Waals surface area contributed by atoms with Gasteiger partial charge in [0, 0.05) is 12.8 Å². The summed E-state index contributed by atoms with van der Waals surface area (Å²) in [4.78, 5) is 27.3. The molecule has 1 saturated heterocycles. The van der Waals surface area contributed by atoms with Gasteiger partial charge in [0.15, 0.2) is 6.23 Å². The third-order valence-electron chi connectivity index (χ3n) is 3.48. The molecule has 0 bridgehead atoms. The number of hydrogen-bond donors (Lipinski definition) is 3. The Bertz CT molecular complexity index is 670. The summed E-state index contributed by atoms with van der Waals surface area (Å²) >= 11 is 3.06. The van der Waals surface area contributed by atoms with Crippen LogP contribution in [0.2, 0.25) is 0 Å². The molecule has 2 rings (SSSR count). The van der Waals surface area contributed by atoms with Crippen LogP contribution in [0.1, 0.15) is 25.1 Å². The number of rotatable bonds is 6. The van der Waals surface area contributed by atoms with E-state index in [0.717, 1.165) is 11.0 Å². The van der Waals surface area contributed by atoms with Crippen LogP contribution in [-0.2, 0) is 9.47 Å². The average molecular weight is 391 g/mol. The van der Waals surface area contributed by atoms with Crippen molar-refractivity contribution in [3.8, 4) is 0 Å². The maximum absolute atomic E-state index is 12.0. The molecule has 3 N–H and O–H groups in total. The van der Waals surface area contributed by atoms with Crippen molar-refractivity contribution in [2.24, 2.45) is 0 Å². The molecule has 1 aromatic heterocycles. The van der Waals surface area contributed by atoms with Crippen LogP contribution in [0.5, 0.6) is 0 Å². The molecule has 4 atom stereocenters. The van der Waals surface area contributed by atoms with Crippen LogP contribution >= 0.6 is 15.9 Å². The summed E-state index contributed by atoms with van der Waals surface area (Å²) < 4.78 is 11.9. The fraction of sp³-hybridized carbons (Fsp3) is 0.571. The zero-order valence-corrected chi connectivity index (χ0v) is 14.1. The van der Waals surface area contributed by atoms with Gasteiger partial charge in [0.25, 0.3) is 5.56 Å². The van der Waals surface area contributed by atoms with E-state index in [2.05, 4.69) is 20.9 Å². The molecule has 0 radical (unpaired) electrons. The topological polar surface area (TPSA) is 114 Å². The van der Waals surface area contributed by atoms with Crippen LogP contribution in [0, 0.1) is 0 Å². The number of aromatic amines is 1. The minimum absolute atomic E-state index is 0.106. The number of aliphatic hydroxyl groups is 2. The number of halogens is 1. The first kappa shape index (κ1) is 18.1. The van der Waals surface area contributed by atoms with E-state index in [9.17, 15) is 19.8 Å². The first-order valence-electron chi connectivity index (χ1n) is 7.21. The van der Waals surface area contributed by atoms with E-state index in [0.29, 0.717) is 6.61 Å². The normalized spacial score (nSPS) is 27.8. The summed E-state index contributed by atoms with van der Waals surface area (Å²) in [5.41, 5.74) is -1.08. The Morgan fingerprint density at radius 2 is 2.17 bits per heavy atom. The van der Waals surface area contributed by atoms with E-state index in [-0.39, 0.29) is 12.2 Å². The van der Waals surface area contributed by atoms with Gasteiger partial charge < -0.3 is 19.7 Å². The van der Waals surface area contributed by atoms with Crippen molar-refractivity contribution in [1.29, 1.82) is 0 Å². The van der Waals surface area contributed by atoms with E-state index in [4.69, 9.17) is 9.47 Å². The largest absolute Gasteiger partial charge is 0.387 e. The molecule has 0 saturated carbocycles. The second-order valence-electron chi connectivity index (χ2n) is 5.16. The summed E-state index contributed by atoms with van der Waals surface area (Å²) in [5.74, 6) is 0. The lowest BCUT2D eigenvalue weighted by molar-refractivity contribution is -0.0682.